The largest absolute Gasteiger partial charge is 0.336 e. The van der Waals surface area contributed by atoms with Crippen molar-refractivity contribution in [2.45, 2.75) is 25.4 Å². The number of hydrogen-bond acceptors (Lipinski definition) is 3. The van der Waals surface area contributed by atoms with Crippen molar-refractivity contribution in [3.63, 3.8) is 0 Å². The highest BCUT2D eigenvalue weighted by Crippen LogP contribution is 2.12. The van der Waals surface area contributed by atoms with E-state index in [1.807, 2.05) is 6.92 Å². The van der Waals surface area contributed by atoms with E-state index in [1.165, 1.54) is 16.8 Å². The number of alkyl halides is 1. The van der Waals surface area contributed by atoms with Crippen molar-refractivity contribution >= 4 is 21.6 Å². The fourth-order valence-electron chi connectivity index (χ4n) is 1.32. The summed E-state index contributed by atoms with van der Waals surface area (Å²) in [5.41, 5.74) is 0. The molecule has 5 nitrogen and oxygen atoms in total. The van der Waals surface area contributed by atoms with Crippen molar-refractivity contribution in [2.24, 2.45) is 0 Å². The first-order valence-corrected chi connectivity index (χ1v) is 7.11. The van der Waals surface area contributed by atoms with Gasteiger partial charge in [0.05, 0.1) is 6.33 Å². The molecule has 0 atom stereocenters. The predicted octanol–water partition coefficient (Wildman–Crippen LogP) is 1.15. The smallest absolute Gasteiger partial charge is 0.262 e. The molecule has 0 spiro atoms. The van der Waals surface area contributed by atoms with Crippen LogP contribution in [0.3, 0.4) is 0 Å². The van der Waals surface area contributed by atoms with E-state index in [9.17, 15) is 8.42 Å². The zero-order chi connectivity index (χ0) is 12.2. The van der Waals surface area contributed by atoms with Gasteiger partial charge in [0.1, 0.15) is 0 Å². The summed E-state index contributed by atoms with van der Waals surface area (Å²) in [6, 6.07) is 0. The van der Waals surface area contributed by atoms with Gasteiger partial charge in [-0.2, -0.15) is 4.31 Å². The molecule has 1 heterocycles. The third-order valence-electron chi connectivity index (χ3n) is 2.27. The summed E-state index contributed by atoms with van der Waals surface area (Å²) in [5.74, 6) is 0.279. The van der Waals surface area contributed by atoms with Crippen LogP contribution in [0.15, 0.2) is 17.6 Å². The standard InChI is InChI=1S/C9H16ClN3O2S/c1-3-12-7-9(11-8-12)16(14,15)13(4-2)6-5-10/h7-8H,3-6H2,1-2H3. The van der Waals surface area contributed by atoms with Gasteiger partial charge in [0.15, 0.2) is 5.03 Å². The molecule has 1 aromatic heterocycles. The average Bonchev–Trinajstić information content (AvgIpc) is 2.74. The Morgan fingerprint density at radius 1 is 1.50 bits per heavy atom. The van der Waals surface area contributed by atoms with Gasteiger partial charge in [-0.15, -0.1) is 11.6 Å². The summed E-state index contributed by atoms with van der Waals surface area (Å²) in [4.78, 5) is 3.90. The molecule has 1 aromatic rings. The van der Waals surface area contributed by atoms with E-state index in [2.05, 4.69) is 4.98 Å². The second-order valence-corrected chi connectivity index (χ2v) is 5.49. The molecule has 0 aliphatic carbocycles. The van der Waals surface area contributed by atoms with E-state index in [1.54, 1.807) is 11.5 Å². The third-order valence-corrected chi connectivity index (χ3v) is 4.29. The number of aryl methyl sites for hydroxylation is 1. The lowest BCUT2D eigenvalue weighted by atomic mass is 10.7. The molecule has 0 saturated carbocycles. The van der Waals surface area contributed by atoms with Gasteiger partial charge in [-0.25, -0.2) is 13.4 Å². The van der Waals surface area contributed by atoms with Crippen LogP contribution in [0.1, 0.15) is 13.8 Å². The minimum Gasteiger partial charge on any atom is -0.336 e. The molecule has 16 heavy (non-hydrogen) atoms. The fraction of sp³-hybridized carbons (Fsp3) is 0.667. The predicted molar refractivity (Wildman–Crippen MR) is 63.1 cm³/mol. The zero-order valence-corrected chi connectivity index (χ0v) is 11.0. The normalized spacial score (nSPS) is 12.2. The molecule has 0 aliphatic rings. The lowest BCUT2D eigenvalue weighted by Crippen LogP contribution is -2.32. The van der Waals surface area contributed by atoms with Gasteiger partial charge in [0.25, 0.3) is 10.0 Å². The number of halogens is 1. The van der Waals surface area contributed by atoms with E-state index >= 15 is 0 Å². The Kier molecular flexibility index (Phi) is 4.76. The SMILES string of the molecule is CCN(CCCl)S(=O)(=O)c1cn(CC)cn1. The number of aromatic nitrogens is 2. The van der Waals surface area contributed by atoms with Crippen molar-refractivity contribution in [1.29, 1.82) is 0 Å². The quantitative estimate of drug-likeness (QED) is 0.725. The van der Waals surface area contributed by atoms with E-state index in [4.69, 9.17) is 11.6 Å². The minimum absolute atomic E-state index is 0.0846. The lowest BCUT2D eigenvalue weighted by molar-refractivity contribution is 0.444. The van der Waals surface area contributed by atoms with Crippen LogP contribution in [-0.2, 0) is 16.6 Å². The Bertz CT molecular complexity index is 430. The summed E-state index contributed by atoms with van der Waals surface area (Å²) in [6.45, 7) is 5.10. The highest BCUT2D eigenvalue weighted by atomic mass is 35.5. The van der Waals surface area contributed by atoms with Crippen molar-refractivity contribution in [1.82, 2.24) is 13.9 Å². The number of imidazole rings is 1. The fourth-order valence-corrected chi connectivity index (χ4v) is 3.01. The maximum Gasteiger partial charge on any atom is 0.262 e. The van der Waals surface area contributed by atoms with Crippen molar-refractivity contribution in [3.05, 3.63) is 12.5 Å². The molecule has 0 aliphatic heterocycles. The van der Waals surface area contributed by atoms with E-state index in [0.717, 1.165) is 0 Å². The Morgan fingerprint density at radius 2 is 2.19 bits per heavy atom. The average molecular weight is 266 g/mol. The molecule has 92 valence electrons. The second kappa shape index (κ2) is 5.65. The first-order valence-electron chi connectivity index (χ1n) is 5.14. The third kappa shape index (κ3) is 2.75. The summed E-state index contributed by atoms with van der Waals surface area (Å²) in [5, 5.41) is 0.0846. The van der Waals surface area contributed by atoms with Crippen LogP contribution in [-0.4, -0.2) is 41.2 Å². The van der Waals surface area contributed by atoms with Gasteiger partial charge in [0.2, 0.25) is 0 Å². The Hall–Kier alpha value is -0.590. The molecule has 0 N–H and O–H groups in total. The van der Waals surface area contributed by atoms with E-state index < -0.39 is 10.0 Å². The van der Waals surface area contributed by atoms with Crippen LogP contribution < -0.4 is 0 Å². The monoisotopic (exact) mass is 265 g/mol. The van der Waals surface area contributed by atoms with Crippen LogP contribution in [0, 0.1) is 0 Å². The van der Waals surface area contributed by atoms with E-state index in [0.29, 0.717) is 19.6 Å². The number of hydrogen-bond donors (Lipinski definition) is 0. The maximum absolute atomic E-state index is 12.1. The van der Waals surface area contributed by atoms with Crippen LogP contribution in [0.4, 0.5) is 0 Å². The molecule has 0 unspecified atom stereocenters. The van der Waals surface area contributed by atoms with Gasteiger partial charge in [-0.05, 0) is 6.92 Å². The molecule has 0 amide bonds. The number of sulfonamides is 1. The Morgan fingerprint density at radius 3 is 2.62 bits per heavy atom. The van der Waals surface area contributed by atoms with Gasteiger partial charge >= 0.3 is 0 Å². The highest BCUT2D eigenvalue weighted by Gasteiger charge is 2.24. The zero-order valence-electron chi connectivity index (χ0n) is 9.43. The van der Waals surface area contributed by atoms with Gasteiger partial charge in [-0.3, -0.25) is 0 Å². The number of nitrogens with zero attached hydrogens (tertiary/aromatic N) is 3. The molecule has 1 rings (SSSR count). The molecule has 7 heteroatoms. The van der Waals surface area contributed by atoms with Gasteiger partial charge in [-0.1, -0.05) is 6.92 Å². The molecule has 0 aromatic carbocycles. The lowest BCUT2D eigenvalue weighted by Gasteiger charge is -2.17. The summed E-state index contributed by atoms with van der Waals surface area (Å²) >= 11 is 5.57. The van der Waals surface area contributed by atoms with Crippen LogP contribution >= 0.6 is 11.6 Å². The minimum atomic E-state index is -3.49. The first kappa shape index (κ1) is 13.5. The molecule has 0 radical (unpaired) electrons. The summed E-state index contributed by atoms with van der Waals surface area (Å²) in [6.07, 6.45) is 3.05. The summed E-state index contributed by atoms with van der Waals surface area (Å²) in [7, 11) is -3.49. The highest BCUT2D eigenvalue weighted by molar-refractivity contribution is 7.89. The molecule has 0 bridgehead atoms. The molecule has 0 fully saturated rings. The second-order valence-electron chi connectivity index (χ2n) is 3.23. The maximum atomic E-state index is 12.1. The Balaban J connectivity index is 2.99. The van der Waals surface area contributed by atoms with Crippen LogP contribution in [0.2, 0.25) is 0 Å². The Labute approximate surface area is 101 Å². The van der Waals surface area contributed by atoms with E-state index in [-0.39, 0.29) is 10.9 Å². The molecular formula is C9H16ClN3O2S. The van der Waals surface area contributed by atoms with Gasteiger partial charge < -0.3 is 4.57 Å². The van der Waals surface area contributed by atoms with Crippen molar-refractivity contribution < 1.29 is 8.42 Å². The summed E-state index contributed by atoms with van der Waals surface area (Å²) < 4.78 is 27.2. The molecule has 0 saturated heterocycles. The van der Waals surface area contributed by atoms with Crippen LogP contribution in [0.25, 0.3) is 0 Å². The van der Waals surface area contributed by atoms with Crippen molar-refractivity contribution in [3.8, 4) is 0 Å². The topological polar surface area (TPSA) is 55.2 Å². The number of rotatable bonds is 6. The van der Waals surface area contributed by atoms with Gasteiger partial charge in [0, 0.05) is 31.7 Å². The first-order chi connectivity index (χ1) is 7.56. The molecular weight excluding hydrogens is 250 g/mol. The van der Waals surface area contributed by atoms with Crippen LogP contribution in [0.5, 0.6) is 0 Å². The van der Waals surface area contributed by atoms with Crippen molar-refractivity contribution in [2.75, 3.05) is 19.0 Å².